The minimum atomic E-state index is -0.00665. The van der Waals surface area contributed by atoms with E-state index in [1.54, 1.807) is 6.26 Å². The van der Waals surface area contributed by atoms with E-state index in [-0.39, 0.29) is 23.9 Å². The highest BCUT2D eigenvalue weighted by Gasteiger charge is 2.24. The first kappa shape index (κ1) is 22.5. The number of carbonyl (C=O) groups excluding carboxylic acids is 2. The molecule has 1 aliphatic rings. The number of likely N-dealkylation sites (tertiary alicyclic amines) is 1. The second kappa shape index (κ2) is 11.3. The molecular formula is C22H32N4O3S. The zero-order valence-corrected chi connectivity index (χ0v) is 18.6. The molecule has 0 aliphatic carbocycles. The second-order valence-electron chi connectivity index (χ2n) is 7.59. The fraction of sp³-hybridized carbons (Fsp3) is 0.545. The van der Waals surface area contributed by atoms with Crippen molar-refractivity contribution >= 4 is 23.2 Å². The number of amides is 2. The lowest BCUT2D eigenvalue weighted by Crippen LogP contribution is -2.48. The van der Waals surface area contributed by atoms with Crippen molar-refractivity contribution in [2.24, 2.45) is 0 Å². The molecule has 2 aromatic heterocycles. The van der Waals surface area contributed by atoms with Crippen molar-refractivity contribution in [2.45, 2.75) is 38.8 Å². The molecule has 8 heteroatoms. The molecule has 1 unspecified atom stereocenters. The van der Waals surface area contributed by atoms with E-state index < -0.39 is 0 Å². The summed E-state index contributed by atoms with van der Waals surface area (Å²) in [5, 5.41) is 9.95. The minimum absolute atomic E-state index is 0.00665. The van der Waals surface area contributed by atoms with Crippen LogP contribution in [0.3, 0.4) is 0 Å². The maximum Gasteiger partial charge on any atom is 0.252 e. The molecule has 0 saturated carbocycles. The van der Waals surface area contributed by atoms with E-state index in [4.69, 9.17) is 4.42 Å². The number of carbonyl (C=O) groups is 2. The lowest BCUT2D eigenvalue weighted by molar-refractivity contribution is -0.122. The van der Waals surface area contributed by atoms with Gasteiger partial charge < -0.3 is 15.1 Å². The van der Waals surface area contributed by atoms with Crippen LogP contribution in [0.15, 0.2) is 39.6 Å². The van der Waals surface area contributed by atoms with Gasteiger partial charge in [-0.3, -0.25) is 19.4 Å². The van der Waals surface area contributed by atoms with E-state index in [1.165, 1.54) is 11.3 Å². The number of thiophene rings is 1. The number of nitrogens with zero attached hydrogens (tertiary/aromatic N) is 2. The molecule has 1 atom stereocenters. The molecule has 2 N–H and O–H groups in total. The van der Waals surface area contributed by atoms with E-state index in [0.29, 0.717) is 13.1 Å². The molecule has 0 bridgehead atoms. The molecule has 7 nitrogen and oxygen atoms in total. The van der Waals surface area contributed by atoms with E-state index in [9.17, 15) is 9.59 Å². The van der Waals surface area contributed by atoms with Crippen LogP contribution < -0.4 is 10.6 Å². The third-order valence-corrected chi connectivity index (χ3v) is 6.37. The summed E-state index contributed by atoms with van der Waals surface area (Å²) in [4.78, 5) is 29.2. The van der Waals surface area contributed by atoms with E-state index in [1.807, 2.05) is 29.0 Å². The van der Waals surface area contributed by atoms with Crippen molar-refractivity contribution in [3.63, 3.8) is 0 Å². The maximum absolute atomic E-state index is 12.5. The molecule has 1 aliphatic heterocycles. The number of likely N-dealkylation sites (N-methyl/N-ethyl adjacent to an activating group) is 1. The standard InChI is InChI=1S/C22H32N4O3S/c1-3-26(4-2)19(20-6-5-12-29-20)14-23-21(27)15-25-10-7-18(8-11-25)24-22(28)17-9-13-30-16-17/h5-6,9,12-13,16,18-19H,3-4,7-8,10-11,14-15H2,1-2H3,(H,23,27)(H,24,28). The second-order valence-corrected chi connectivity index (χ2v) is 8.37. The van der Waals surface area contributed by atoms with Gasteiger partial charge in [-0.2, -0.15) is 11.3 Å². The van der Waals surface area contributed by atoms with Crippen molar-refractivity contribution in [1.29, 1.82) is 0 Å². The van der Waals surface area contributed by atoms with Crippen LogP contribution >= 0.6 is 11.3 Å². The van der Waals surface area contributed by atoms with Gasteiger partial charge in [-0.25, -0.2) is 0 Å². The summed E-state index contributed by atoms with van der Waals surface area (Å²) in [5.74, 6) is 0.897. The molecule has 0 spiro atoms. The zero-order valence-electron chi connectivity index (χ0n) is 17.8. The Morgan fingerprint density at radius 1 is 1.27 bits per heavy atom. The van der Waals surface area contributed by atoms with Gasteiger partial charge in [0.05, 0.1) is 18.8 Å². The Balaban J connectivity index is 1.41. The van der Waals surface area contributed by atoms with Crippen LogP contribution in [0.2, 0.25) is 0 Å². The molecule has 1 fully saturated rings. The quantitative estimate of drug-likeness (QED) is 0.604. The highest BCUT2D eigenvalue weighted by molar-refractivity contribution is 7.08. The van der Waals surface area contributed by atoms with Crippen molar-refractivity contribution in [1.82, 2.24) is 20.4 Å². The largest absolute Gasteiger partial charge is 0.468 e. The number of piperidine rings is 1. The van der Waals surface area contributed by atoms with Gasteiger partial charge in [-0.15, -0.1) is 0 Å². The number of hydrogen-bond acceptors (Lipinski definition) is 6. The number of hydrogen-bond donors (Lipinski definition) is 2. The molecule has 1 saturated heterocycles. The van der Waals surface area contributed by atoms with Gasteiger partial charge in [0.2, 0.25) is 5.91 Å². The van der Waals surface area contributed by atoms with Gasteiger partial charge in [0.1, 0.15) is 5.76 Å². The molecule has 164 valence electrons. The van der Waals surface area contributed by atoms with Crippen LogP contribution in [-0.4, -0.2) is 66.9 Å². The average molecular weight is 433 g/mol. The predicted octanol–water partition coefficient (Wildman–Crippen LogP) is 2.73. The van der Waals surface area contributed by atoms with E-state index in [0.717, 1.165) is 50.3 Å². The number of nitrogens with one attached hydrogen (secondary N) is 2. The Hall–Kier alpha value is -2.16. The van der Waals surface area contributed by atoms with Crippen molar-refractivity contribution < 1.29 is 14.0 Å². The Labute approximate surface area is 182 Å². The maximum atomic E-state index is 12.5. The molecule has 0 radical (unpaired) electrons. The van der Waals surface area contributed by atoms with Gasteiger partial charge in [0, 0.05) is 36.6 Å². The topological polar surface area (TPSA) is 77.8 Å². The number of rotatable bonds is 10. The van der Waals surface area contributed by atoms with Crippen LogP contribution in [0.4, 0.5) is 0 Å². The SMILES string of the molecule is CCN(CC)C(CNC(=O)CN1CCC(NC(=O)c2ccsc2)CC1)c1ccco1. The van der Waals surface area contributed by atoms with Gasteiger partial charge in [-0.1, -0.05) is 13.8 Å². The van der Waals surface area contributed by atoms with Gasteiger partial charge in [0.25, 0.3) is 5.91 Å². The molecule has 3 heterocycles. The predicted molar refractivity (Wildman–Crippen MR) is 119 cm³/mol. The lowest BCUT2D eigenvalue weighted by atomic mass is 10.0. The van der Waals surface area contributed by atoms with Crippen molar-refractivity contribution in [3.05, 3.63) is 46.5 Å². The van der Waals surface area contributed by atoms with Gasteiger partial charge in [0.15, 0.2) is 0 Å². The Morgan fingerprint density at radius 2 is 2.03 bits per heavy atom. The first-order chi connectivity index (χ1) is 14.6. The summed E-state index contributed by atoms with van der Waals surface area (Å²) in [6, 6.07) is 5.90. The van der Waals surface area contributed by atoms with Crippen LogP contribution in [0.25, 0.3) is 0 Å². The summed E-state index contributed by atoms with van der Waals surface area (Å²) >= 11 is 1.52. The average Bonchev–Trinajstić information content (AvgIpc) is 3.46. The third-order valence-electron chi connectivity index (χ3n) is 5.69. The Kier molecular flexibility index (Phi) is 8.48. The molecule has 0 aromatic carbocycles. The molecule has 30 heavy (non-hydrogen) atoms. The van der Waals surface area contributed by atoms with Crippen LogP contribution in [0.1, 0.15) is 48.8 Å². The van der Waals surface area contributed by atoms with E-state index in [2.05, 4.69) is 34.3 Å². The summed E-state index contributed by atoms with van der Waals surface area (Å²) in [7, 11) is 0. The highest BCUT2D eigenvalue weighted by atomic mass is 32.1. The summed E-state index contributed by atoms with van der Waals surface area (Å²) in [5.41, 5.74) is 0.723. The third kappa shape index (κ3) is 6.17. The fourth-order valence-electron chi connectivity index (χ4n) is 3.92. The first-order valence-electron chi connectivity index (χ1n) is 10.7. The molecular weight excluding hydrogens is 400 g/mol. The van der Waals surface area contributed by atoms with Crippen LogP contribution in [0.5, 0.6) is 0 Å². The number of furan rings is 1. The molecule has 2 aromatic rings. The minimum Gasteiger partial charge on any atom is -0.468 e. The molecule has 3 rings (SSSR count). The van der Waals surface area contributed by atoms with Crippen molar-refractivity contribution in [3.8, 4) is 0 Å². The zero-order chi connectivity index (χ0) is 21.3. The first-order valence-corrected chi connectivity index (χ1v) is 11.6. The van der Waals surface area contributed by atoms with Crippen LogP contribution in [0, 0.1) is 0 Å². The Morgan fingerprint density at radius 3 is 2.63 bits per heavy atom. The van der Waals surface area contributed by atoms with Crippen LogP contribution in [-0.2, 0) is 4.79 Å². The van der Waals surface area contributed by atoms with E-state index >= 15 is 0 Å². The lowest BCUT2D eigenvalue weighted by Gasteiger charge is -2.32. The summed E-state index contributed by atoms with van der Waals surface area (Å²) < 4.78 is 5.60. The highest BCUT2D eigenvalue weighted by Crippen LogP contribution is 2.20. The monoisotopic (exact) mass is 432 g/mol. The summed E-state index contributed by atoms with van der Waals surface area (Å²) in [6.07, 6.45) is 3.39. The summed E-state index contributed by atoms with van der Waals surface area (Å²) in [6.45, 7) is 8.53. The van der Waals surface area contributed by atoms with Gasteiger partial charge >= 0.3 is 0 Å². The fourth-order valence-corrected chi connectivity index (χ4v) is 4.56. The smallest absolute Gasteiger partial charge is 0.252 e. The van der Waals surface area contributed by atoms with Gasteiger partial charge in [-0.05, 0) is 49.5 Å². The Bertz CT molecular complexity index is 766. The normalized spacial score (nSPS) is 16.5. The van der Waals surface area contributed by atoms with Crippen molar-refractivity contribution in [2.75, 3.05) is 39.3 Å². The molecule has 2 amide bonds.